The van der Waals surface area contributed by atoms with Gasteiger partial charge in [-0.1, -0.05) is 18.2 Å². The summed E-state index contributed by atoms with van der Waals surface area (Å²) in [5.41, 5.74) is -0.456. The van der Waals surface area contributed by atoms with Gasteiger partial charge in [-0.3, -0.25) is 14.2 Å². The van der Waals surface area contributed by atoms with Crippen molar-refractivity contribution in [3.63, 3.8) is 0 Å². The van der Waals surface area contributed by atoms with Gasteiger partial charge in [0.2, 0.25) is 0 Å². The molecule has 0 aliphatic carbocycles. The molecule has 14 nitrogen and oxygen atoms in total. The minimum absolute atomic E-state index is 0.0886. The number of carbonyl (C=O) groups is 3. The Kier molecular flexibility index (Phi) is 6.09. The Balaban J connectivity index is 1.43. The first kappa shape index (κ1) is 23.7. The van der Waals surface area contributed by atoms with E-state index in [2.05, 4.69) is 20.3 Å². The smallest absolute Gasteiger partial charge is 0.333 e. The van der Waals surface area contributed by atoms with Crippen LogP contribution in [0.2, 0.25) is 0 Å². The van der Waals surface area contributed by atoms with Crippen molar-refractivity contribution in [2.45, 2.75) is 36.6 Å². The number of amides is 1. The summed E-state index contributed by atoms with van der Waals surface area (Å²) in [5.74, 6) is -3.05. The molecule has 2 fully saturated rings. The molecule has 36 heavy (non-hydrogen) atoms. The second-order valence-electron chi connectivity index (χ2n) is 8.35. The standard InChI is InChI=1S/C22H21N5O9/c28-7-22-8-34-15(16(22)35-12(21(32)33)6-13(29)30)20(36-22)27-10-25-14-17(23-9-24-18(14)27)26-19(31)11-4-2-1-3-5-11/h1-5,9-10,12,15-16,20,28H,6-8H2,(H,29,30)(H,32,33)(H,23,24,26,31)/t12?,15-,16+,20-,22+/m1/s1. The van der Waals surface area contributed by atoms with E-state index >= 15 is 0 Å². The van der Waals surface area contributed by atoms with E-state index in [1.54, 1.807) is 30.3 Å². The molecule has 3 aromatic rings. The van der Waals surface area contributed by atoms with Crippen molar-refractivity contribution in [3.05, 3.63) is 48.5 Å². The number of aliphatic hydroxyl groups excluding tert-OH is 1. The molecule has 1 unspecified atom stereocenters. The first-order valence-electron chi connectivity index (χ1n) is 10.9. The molecule has 1 amide bonds. The fourth-order valence-electron chi connectivity index (χ4n) is 4.36. The SMILES string of the molecule is O=C(O)CC(O[C@H]1[C@H]2OC[C@]1(CO)O[C@H]2n1cnc2c(NC(=O)c3ccccc3)ncnc21)C(=O)O. The Morgan fingerprint density at radius 1 is 1.19 bits per heavy atom. The third kappa shape index (κ3) is 4.05. The van der Waals surface area contributed by atoms with E-state index in [-0.39, 0.29) is 23.6 Å². The summed E-state index contributed by atoms with van der Waals surface area (Å²) in [4.78, 5) is 47.9. The van der Waals surface area contributed by atoms with E-state index in [1.807, 2.05) is 0 Å². The van der Waals surface area contributed by atoms with Crippen LogP contribution in [0.1, 0.15) is 23.0 Å². The van der Waals surface area contributed by atoms with Gasteiger partial charge in [-0.15, -0.1) is 0 Å². The summed E-state index contributed by atoms with van der Waals surface area (Å²) in [6, 6.07) is 8.54. The predicted molar refractivity (Wildman–Crippen MR) is 118 cm³/mol. The van der Waals surface area contributed by atoms with Gasteiger partial charge in [-0.25, -0.2) is 19.7 Å². The molecule has 4 N–H and O–H groups in total. The fourth-order valence-corrected chi connectivity index (χ4v) is 4.36. The average Bonchev–Trinajstić information content (AvgIpc) is 3.54. The lowest BCUT2D eigenvalue weighted by Gasteiger charge is -2.30. The summed E-state index contributed by atoms with van der Waals surface area (Å²) in [6.07, 6.45) is -2.75. The second kappa shape index (κ2) is 9.23. The van der Waals surface area contributed by atoms with Crippen LogP contribution < -0.4 is 5.32 Å². The maximum absolute atomic E-state index is 12.6. The molecule has 2 aliphatic rings. The lowest BCUT2D eigenvalue weighted by molar-refractivity contribution is -0.190. The van der Waals surface area contributed by atoms with Gasteiger partial charge in [0.15, 0.2) is 29.3 Å². The Labute approximate surface area is 202 Å². The van der Waals surface area contributed by atoms with Crippen LogP contribution in [-0.4, -0.2) is 89.8 Å². The number of nitrogens with one attached hydrogen (secondary N) is 1. The number of fused-ring (bicyclic) bond motifs is 3. The summed E-state index contributed by atoms with van der Waals surface area (Å²) in [5, 5.41) is 31.2. The highest BCUT2D eigenvalue weighted by Gasteiger charge is 2.64. The van der Waals surface area contributed by atoms with Crippen LogP contribution in [0.5, 0.6) is 0 Å². The van der Waals surface area contributed by atoms with E-state index < -0.39 is 61.0 Å². The first-order valence-corrected chi connectivity index (χ1v) is 10.9. The third-order valence-electron chi connectivity index (χ3n) is 6.09. The summed E-state index contributed by atoms with van der Waals surface area (Å²) in [7, 11) is 0. The monoisotopic (exact) mass is 499 g/mol. The van der Waals surface area contributed by atoms with Crippen LogP contribution in [0, 0.1) is 0 Å². The number of carbonyl (C=O) groups excluding carboxylic acids is 1. The Hall–Kier alpha value is -3.98. The van der Waals surface area contributed by atoms with Crippen molar-refractivity contribution in [1.29, 1.82) is 0 Å². The molecular weight excluding hydrogens is 478 g/mol. The molecule has 5 rings (SSSR count). The van der Waals surface area contributed by atoms with Gasteiger partial charge in [0.1, 0.15) is 24.1 Å². The summed E-state index contributed by atoms with van der Waals surface area (Å²) < 4.78 is 19.0. The Morgan fingerprint density at radius 2 is 1.97 bits per heavy atom. The molecule has 4 heterocycles. The normalized spacial score (nSPS) is 25.6. The molecule has 14 heteroatoms. The van der Waals surface area contributed by atoms with E-state index in [9.17, 15) is 24.6 Å². The molecule has 2 bridgehead atoms. The van der Waals surface area contributed by atoms with Crippen LogP contribution in [0.25, 0.3) is 11.2 Å². The van der Waals surface area contributed by atoms with Gasteiger partial charge < -0.3 is 34.8 Å². The van der Waals surface area contributed by atoms with Crippen molar-refractivity contribution in [1.82, 2.24) is 19.5 Å². The van der Waals surface area contributed by atoms with E-state index in [4.69, 9.17) is 19.3 Å². The highest BCUT2D eigenvalue weighted by atomic mass is 16.7. The number of aliphatic hydroxyl groups is 1. The van der Waals surface area contributed by atoms with Gasteiger partial charge in [0.25, 0.3) is 5.91 Å². The number of anilines is 1. The topological polar surface area (TPSA) is 195 Å². The first-order chi connectivity index (χ1) is 17.3. The fraction of sp³-hybridized carbons (Fsp3) is 0.364. The van der Waals surface area contributed by atoms with Crippen LogP contribution in [0.3, 0.4) is 0 Å². The van der Waals surface area contributed by atoms with Crippen molar-refractivity contribution in [2.75, 3.05) is 18.5 Å². The number of nitrogens with zero attached hydrogens (tertiary/aromatic N) is 4. The highest BCUT2D eigenvalue weighted by Crippen LogP contribution is 2.47. The highest BCUT2D eigenvalue weighted by molar-refractivity contribution is 6.06. The van der Waals surface area contributed by atoms with Gasteiger partial charge in [-0.2, -0.15) is 0 Å². The van der Waals surface area contributed by atoms with Gasteiger partial charge in [-0.05, 0) is 12.1 Å². The zero-order chi connectivity index (χ0) is 25.4. The van der Waals surface area contributed by atoms with Gasteiger partial charge >= 0.3 is 11.9 Å². The molecule has 1 aromatic carbocycles. The van der Waals surface area contributed by atoms with Gasteiger partial charge in [0.05, 0.1) is 26.0 Å². The average molecular weight is 499 g/mol. The minimum Gasteiger partial charge on any atom is -0.481 e. The van der Waals surface area contributed by atoms with Crippen molar-refractivity contribution < 1.29 is 43.9 Å². The lowest BCUT2D eigenvalue weighted by Crippen LogP contribution is -2.48. The van der Waals surface area contributed by atoms with E-state index in [1.165, 1.54) is 17.2 Å². The van der Waals surface area contributed by atoms with Crippen molar-refractivity contribution >= 4 is 34.8 Å². The molecule has 0 spiro atoms. The maximum atomic E-state index is 12.6. The number of hydrogen-bond donors (Lipinski definition) is 4. The molecule has 2 aliphatic heterocycles. The predicted octanol–water partition coefficient (Wildman–Crippen LogP) is 0.0504. The molecule has 2 saturated heterocycles. The molecule has 5 atom stereocenters. The number of carboxylic acid groups (broad SMARTS) is 2. The number of hydrogen-bond acceptors (Lipinski definition) is 10. The van der Waals surface area contributed by atoms with Crippen LogP contribution in [0.15, 0.2) is 43.0 Å². The molecule has 2 aromatic heterocycles. The zero-order valence-corrected chi connectivity index (χ0v) is 18.6. The Bertz CT molecular complexity index is 1320. The number of aliphatic carboxylic acids is 2. The lowest BCUT2D eigenvalue weighted by atomic mass is 9.99. The van der Waals surface area contributed by atoms with Crippen LogP contribution in [-0.2, 0) is 23.8 Å². The number of benzene rings is 1. The van der Waals surface area contributed by atoms with Crippen molar-refractivity contribution in [2.24, 2.45) is 0 Å². The maximum Gasteiger partial charge on any atom is 0.333 e. The van der Waals surface area contributed by atoms with E-state index in [0.717, 1.165) is 0 Å². The summed E-state index contributed by atoms with van der Waals surface area (Å²) in [6.45, 7) is -0.654. The number of imidazole rings is 1. The zero-order valence-electron chi connectivity index (χ0n) is 18.6. The van der Waals surface area contributed by atoms with Crippen LogP contribution >= 0.6 is 0 Å². The number of rotatable bonds is 9. The van der Waals surface area contributed by atoms with Gasteiger partial charge in [0, 0.05) is 5.56 Å². The second-order valence-corrected chi connectivity index (χ2v) is 8.35. The van der Waals surface area contributed by atoms with Crippen molar-refractivity contribution in [3.8, 4) is 0 Å². The quantitative estimate of drug-likeness (QED) is 0.309. The van der Waals surface area contributed by atoms with Crippen LogP contribution in [0.4, 0.5) is 5.82 Å². The summed E-state index contributed by atoms with van der Waals surface area (Å²) >= 11 is 0. The van der Waals surface area contributed by atoms with E-state index in [0.29, 0.717) is 5.56 Å². The Morgan fingerprint density at radius 3 is 2.67 bits per heavy atom. The molecule has 188 valence electrons. The number of carboxylic acids is 2. The minimum atomic E-state index is -1.67. The largest absolute Gasteiger partial charge is 0.481 e. The number of ether oxygens (including phenoxy) is 3. The third-order valence-corrected chi connectivity index (χ3v) is 6.09. The molecule has 0 radical (unpaired) electrons. The molecule has 0 saturated carbocycles. The number of aromatic nitrogens is 4. The molecular formula is C22H21N5O9.